The van der Waals surface area contributed by atoms with Crippen molar-refractivity contribution in [2.75, 3.05) is 0 Å². The van der Waals surface area contributed by atoms with E-state index in [0.29, 0.717) is 0 Å². The van der Waals surface area contributed by atoms with E-state index in [2.05, 4.69) is 74.5 Å². The van der Waals surface area contributed by atoms with E-state index in [9.17, 15) is 10.2 Å². The fraction of sp³-hybridized carbons (Fsp3) is 0.478. The molecule has 2 N–H and O–H groups in total. The quantitative estimate of drug-likeness (QED) is 0.714. The third-order valence-electron chi connectivity index (χ3n) is 5.76. The van der Waals surface area contributed by atoms with Crippen LogP contribution in [-0.2, 0) is 32.8 Å². The minimum Gasteiger partial charge on any atom is -0.392 e. The van der Waals surface area contributed by atoms with Gasteiger partial charge in [0.1, 0.15) is 0 Å². The van der Waals surface area contributed by atoms with E-state index < -0.39 is 16.1 Å². The fourth-order valence-corrected chi connectivity index (χ4v) is 9.47. The van der Waals surface area contributed by atoms with Crippen LogP contribution < -0.4 is 10.4 Å². The summed E-state index contributed by atoms with van der Waals surface area (Å²) in [5.41, 5.74) is 6.30. The molecule has 0 spiro atoms. The van der Waals surface area contributed by atoms with Crippen LogP contribution in [0.1, 0.15) is 27.8 Å². The van der Waals surface area contributed by atoms with Crippen LogP contribution in [0.5, 0.6) is 0 Å². The maximum absolute atomic E-state index is 10.3. The molecule has 0 saturated heterocycles. The zero-order valence-electron chi connectivity index (χ0n) is 18.3. The highest BCUT2D eigenvalue weighted by Gasteiger charge is 2.37. The Hall–Kier alpha value is -1.25. The third kappa shape index (κ3) is 4.05. The summed E-state index contributed by atoms with van der Waals surface area (Å²) in [5, 5.41) is 23.4. The van der Waals surface area contributed by atoms with Crippen molar-refractivity contribution in [3.8, 4) is 0 Å². The van der Waals surface area contributed by atoms with Crippen LogP contribution in [0.4, 0.5) is 0 Å². The molecule has 0 aliphatic carbocycles. The summed E-state index contributed by atoms with van der Waals surface area (Å²) in [5.74, 6) is 0. The molecular formula is C23H35NO2Si2. The summed E-state index contributed by atoms with van der Waals surface area (Å²) in [6.45, 7) is 17.0. The van der Waals surface area contributed by atoms with Crippen molar-refractivity contribution in [2.24, 2.45) is 0 Å². The summed E-state index contributed by atoms with van der Waals surface area (Å²) >= 11 is 0. The zero-order chi connectivity index (χ0) is 20.7. The van der Waals surface area contributed by atoms with E-state index in [4.69, 9.17) is 0 Å². The van der Waals surface area contributed by atoms with E-state index in [-0.39, 0.29) is 13.2 Å². The molecule has 3 nitrogen and oxygen atoms in total. The Morgan fingerprint density at radius 2 is 1.18 bits per heavy atom. The van der Waals surface area contributed by atoms with Crippen molar-refractivity contribution in [2.45, 2.75) is 72.1 Å². The Morgan fingerprint density at radius 3 is 1.54 bits per heavy atom. The summed E-state index contributed by atoms with van der Waals surface area (Å²) in [7, 11) is -3.38. The molecule has 152 valence electrons. The number of benzene rings is 2. The van der Waals surface area contributed by atoms with Crippen LogP contribution in [0, 0.1) is 0 Å². The molecule has 28 heavy (non-hydrogen) atoms. The van der Waals surface area contributed by atoms with E-state index in [1.165, 1.54) is 27.1 Å². The molecule has 0 unspecified atom stereocenters. The van der Waals surface area contributed by atoms with Gasteiger partial charge in [0.05, 0.1) is 29.4 Å². The predicted molar refractivity (Wildman–Crippen MR) is 124 cm³/mol. The maximum Gasteiger partial charge on any atom is 0.0785 e. The number of aliphatic hydroxyl groups excluding tert-OH is 2. The van der Waals surface area contributed by atoms with E-state index >= 15 is 0 Å². The molecule has 2 aromatic rings. The second kappa shape index (κ2) is 7.88. The van der Waals surface area contributed by atoms with Crippen molar-refractivity contribution >= 4 is 26.5 Å². The highest BCUT2D eigenvalue weighted by atomic mass is 28.3. The monoisotopic (exact) mass is 413 g/mol. The third-order valence-corrected chi connectivity index (χ3v) is 9.97. The lowest BCUT2D eigenvalue weighted by molar-refractivity contribution is 0.261. The van der Waals surface area contributed by atoms with Gasteiger partial charge in [-0.05, 0) is 38.2 Å². The molecule has 0 saturated carbocycles. The highest BCUT2D eigenvalue weighted by molar-refractivity contribution is 6.91. The minimum absolute atomic E-state index is 0.0267. The molecule has 5 heteroatoms. The lowest BCUT2D eigenvalue weighted by Gasteiger charge is -2.32. The van der Waals surface area contributed by atoms with E-state index in [1.807, 2.05) is 0 Å². The first kappa shape index (κ1) is 21.5. The average Bonchev–Trinajstić information content (AvgIpc) is 3.00. The first-order valence-electron chi connectivity index (χ1n) is 10.3. The van der Waals surface area contributed by atoms with Crippen molar-refractivity contribution in [1.29, 1.82) is 0 Å². The van der Waals surface area contributed by atoms with Gasteiger partial charge < -0.3 is 10.2 Å². The van der Waals surface area contributed by atoms with Crippen LogP contribution in [0.25, 0.3) is 0 Å². The van der Waals surface area contributed by atoms with Gasteiger partial charge in [0.15, 0.2) is 0 Å². The number of hydrogen-bond donors (Lipinski definition) is 2. The molecule has 3 rings (SSSR count). The maximum atomic E-state index is 10.3. The Labute approximate surface area is 172 Å². The van der Waals surface area contributed by atoms with Crippen molar-refractivity contribution in [3.05, 3.63) is 58.1 Å². The highest BCUT2D eigenvalue weighted by Crippen LogP contribution is 2.30. The molecular weight excluding hydrogens is 378 g/mol. The van der Waals surface area contributed by atoms with Gasteiger partial charge in [0.25, 0.3) is 0 Å². The summed E-state index contributed by atoms with van der Waals surface area (Å²) < 4.78 is 0. The van der Waals surface area contributed by atoms with Gasteiger partial charge in [-0.15, -0.1) is 0 Å². The molecule has 2 aromatic carbocycles. The van der Waals surface area contributed by atoms with E-state index in [0.717, 1.165) is 30.8 Å². The van der Waals surface area contributed by atoms with Crippen molar-refractivity contribution < 1.29 is 10.2 Å². The molecule has 0 bridgehead atoms. The smallest absolute Gasteiger partial charge is 0.0785 e. The summed E-state index contributed by atoms with van der Waals surface area (Å²) in [4.78, 5) is 2.52. The van der Waals surface area contributed by atoms with Crippen molar-refractivity contribution in [3.63, 3.8) is 0 Å². The molecule has 0 radical (unpaired) electrons. The van der Waals surface area contributed by atoms with Crippen LogP contribution in [-0.4, -0.2) is 31.3 Å². The first-order valence-corrected chi connectivity index (χ1v) is 17.3. The first-order chi connectivity index (χ1) is 13.1. The topological polar surface area (TPSA) is 43.7 Å². The van der Waals surface area contributed by atoms with Crippen LogP contribution in [0.15, 0.2) is 30.3 Å². The SMILES string of the molecule is C[Si](C)(C)c1c(CO)c(CO)c([Si](C)(C)C)c2c1CN(Cc1ccccc1)C2. The molecule has 0 fully saturated rings. The molecule has 0 atom stereocenters. The number of nitrogens with zero attached hydrogens (tertiary/aromatic N) is 1. The fourth-order valence-electron chi connectivity index (χ4n) is 4.93. The number of aliphatic hydroxyl groups is 2. The molecule has 1 aliphatic rings. The van der Waals surface area contributed by atoms with Gasteiger partial charge in [-0.2, -0.15) is 0 Å². The number of hydrogen-bond acceptors (Lipinski definition) is 3. The Balaban J connectivity index is 2.19. The van der Waals surface area contributed by atoms with Gasteiger partial charge in [-0.3, -0.25) is 4.90 Å². The van der Waals surface area contributed by atoms with Crippen LogP contribution in [0.3, 0.4) is 0 Å². The number of fused-ring (bicyclic) bond motifs is 1. The van der Waals surface area contributed by atoms with Crippen LogP contribution in [0.2, 0.25) is 39.3 Å². The standard InChI is InChI=1S/C23H35NO2Si2/c1-27(2,3)22-18-13-24(12-17-10-8-7-9-11-17)14-19(18)23(28(4,5)6)21(16-26)20(22)15-25/h7-11,25-26H,12-16H2,1-6H3. The summed E-state index contributed by atoms with van der Waals surface area (Å²) in [6, 6.07) is 10.7. The molecule has 0 amide bonds. The molecule has 1 heterocycles. The lowest BCUT2D eigenvalue weighted by Crippen LogP contribution is -2.50. The van der Waals surface area contributed by atoms with Crippen molar-refractivity contribution in [1.82, 2.24) is 4.90 Å². The average molecular weight is 414 g/mol. The van der Waals surface area contributed by atoms with Gasteiger partial charge in [0.2, 0.25) is 0 Å². The Kier molecular flexibility index (Phi) is 6.04. The second-order valence-electron chi connectivity index (χ2n) is 10.1. The van der Waals surface area contributed by atoms with Gasteiger partial charge in [0, 0.05) is 19.6 Å². The van der Waals surface area contributed by atoms with Crippen LogP contribution >= 0.6 is 0 Å². The normalized spacial score (nSPS) is 15.1. The van der Waals surface area contributed by atoms with Gasteiger partial charge >= 0.3 is 0 Å². The molecule has 1 aliphatic heterocycles. The summed E-state index contributed by atoms with van der Waals surface area (Å²) in [6.07, 6.45) is 0. The largest absolute Gasteiger partial charge is 0.392 e. The van der Waals surface area contributed by atoms with E-state index in [1.54, 1.807) is 0 Å². The lowest BCUT2D eigenvalue weighted by atomic mass is 10.00. The minimum atomic E-state index is -1.69. The zero-order valence-corrected chi connectivity index (χ0v) is 20.3. The second-order valence-corrected chi connectivity index (χ2v) is 20.1. The Morgan fingerprint density at radius 1 is 0.750 bits per heavy atom. The van der Waals surface area contributed by atoms with Gasteiger partial charge in [-0.25, -0.2) is 0 Å². The Bertz CT molecular complexity index is 801. The predicted octanol–water partition coefficient (Wildman–Crippen LogP) is 3.28. The number of rotatable bonds is 6. The molecule has 0 aromatic heterocycles. The van der Waals surface area contributed by atoms with Gasteiger partial charge in [-0.1, -0.05) is 69.6 Å².